The molecule has 1 aromatic rings. The highest BCUT2D eigenvalue weighted by atomic mass is 32.2. The van der Waals surface area contributed by atoms with Crippen molar-refractivity contribution in [3.05, 3.63) is 30.6 Å². The Morgan fingerprint density at radius 3 is 1.76 bits per heavy atom. The van der Waals surface area contributed by atoms with Crippen molar-refractivity contribution in [1.82, 2.24) is 0 Å². The Balaban J connectivity index is 0.000000690. The van der Waals surface area contributed by atoms with Crippen molar-refractivity contribution in [3.63, 3.8) is 0 Å². The summed E-state index contributed by atoms with van der Waals surface area (Å²) in [6, 6.07) is 6.28. The molecule has 0 aliphatic heterocycles. The molecular weight excluding hydrogens is 286 g/mol. The third-order valence-corrected chi connectivity index (χ3v) is 3.05. The molecule has 5 heteroatoms. The largest absolute Gasteiger partial charge is 0.286 e. The highest BCUT2D eigenvalue weighted by Gasteiger charge is 1.97. The summed E-state index contributed by atoms with van der Waals surface area (Å²) in [5.74, 6) is 0. The van der Waals surface area contributed by atoms with Crippen molar-refractivity contribution in [2.45, 2.75) is 64.8 Å². The normalized spacial score (nSPS) is 10.8. The van der Waals surface area contributed by atoms with Crippen LogP contribution in [-0.2, 0) is 16.7 Å². The van der Waals surface area contributed by atoms with E-state index in [1.165, 1.54) is 57.9 Å². The molecule has 0 aromatic carbocycles. The summed E-state index contributed by atoms with van der Waals surface area (Å²) in [6.45, 7) is 3.45. The molecule has 0 spiro atoms. The van der Waals surface area contributed by atoms with Gasteiger partial charge in [-0.25, -0.2) is 4.57 Å². The van der Waals surface area contributed by atoms with Gasteiger partial charge in [-0.15, -0.1) is 0 Å². The van der Waals surface area contributed by atoms with E-state index in [4.69, 9.17) is 4.55 Å². The molecule has 0 atom stereocenters. The number of rotatable bonds is 9. The summed E-state index contributed by atoms with van der Waals surface area (Å²) in [6.07, 6.45) is 16.2. The Hall–Kier alpha value is -0.940. The Kier molecular flexibility index (Phi) is 12.2. The summed E-state index contributed by atoms with van der Waals surface area (Å²) in [4.78, 5) is 0. The van der Waals surface area contributed by atoms with Gasteiger partial charge >= 0.3 is 0 Å². The minimum atomic E-state index is -3.67. The maximum Gasteiger partial charge on any atom is 0.261 e. The second-order valence-electron chi connectivity index (χ2n) is 5.32. The number of nitrogens with zero attached hydrogens (tertiary/aromatic N) is 1. The lowest BCUT2D eigenvalue weighted by atomic mass is 10.1. The number of aryl methyl sites for hydroxylation is 1. The molecule has 1 heterocycles. The minimum Gasteiger partial charge on any atom is -0.286 e. The van der Waals surface area contributed by atoms with Crippen LogP contribution in [0.5, 0.6) is 0 Å². The van der Waals surface area contributed by atoms with Crippen LogP contribution in [0.3, 0.4) is 0 Å². The molecule has 0 amide bonds. The van der Waals surface area contributed by atoms with Crippen molar-refractivity contribution < 1.29 is 17.5 Å². The zero-order valence-electron chi connectivity index (χ0n) is 13.4. The quantitative estimate of drug-likeness (QED) is 0.430. The molecule has 0 saturated carbocycles. The lowest BCUT2D eigenvalue weighted by molar-refractivity contribution is -0.697. The van der Waals surface area contributed by atoms with Gasteiger partial charge in [0.2, 0.25) is 0 Å². The van der Waals surface area contributed by atoms with E-state index in [1.807, 2.05) is 0 Å². The second-order valence-corrected chi connectivity index (χ2v) is 6.79. The topological polar surface area (TPSA) is 58.2 Å². The summed E-state index contributed by atoms with van der Waals surface area (Å²) in [5, 5.41) is 0. The van der Waals surface area contributed by atoms with Crippen molar-refractivity contribution in [2.24, 2.45) is 0 Å². The molecule has 21 heavy (non-hydrogen) atoms. The molecule has 0 aliphatic carbocycles. The SMILES string of the molecule is CCCCCCCCCC[n+]1ccccc1.CS(=O)(=O)O. The van der Waals surface area contributed by atoms with Gasteiger partial charge in [0.05, 0.1) is 6.26 Å². The van der Waals surface area contributed by atoms with Crippen LogP contribution in [0.1, 0.15) is 58.3 Å². The predicted octanol–water partition coefficient (Wildman–Crippen LogP) is 3.62. The van der Waals surface area contributed by atoms with Gasteiger partial charge in [-0.1, -0.05) is 51.5 Å². The number of hydrogen-bond donors (Lipinski definition) is 1. The first-order chi connectivity index (χ1) is 9.93. The van der Waals surface area contributed by atoms with Gasteiger partial charge in [0, 0.05) is 18.6 Å². The molecule has 4 nitrogen and oxygen atoms in total. The summed E-state index contributed by atoms with van der Waals surface area (Å²) in [5.41, 5.74) is 0. The van der Waals surface area contributed by atoms with Gasteiger partial charge in [0.1, 0.15) is 6.54 Å². The first-order valence-electron chi connectivity index (χ1n) is 7.80. The van der Waals surface area contributed by atoms with Gasteiger partial charge in [0.25, 0.3) is 10.1 Å². The molecule has 0 saturated heterocycles. The summed E-state index contributed by atoms with van der Waals surface area (Å²) in [7, 11) is -3.67. The maximum absolute atomic E-state index is 9.19. The number of aromatic nitrogens is 1. The lowest BCUT2D eigenvalue weighted by Crippen LogP contribution is -2.32. The van der Waals surface area contributed by atoms with E-state index in [-0.39, 0.29) is 0 Å². The van der Waals surface area contributed by atoms with Crippen molar-refractivity contribution in [3.8, 4) is 0 Å². The Morgan fingerprint density at radius 1 is 0.857 bits per heavy atom. The van der Waals surface area contributed by atoms with E-state index in [0.29, 0.717) is 6.26 Å². The molecular formula is C16H30NO3S+. The van der Waals surface area contributed by atoms with Crippen molar-refractivity contribution >= 4 is 10.1 Å². The van der Waals surface area contributed by atoms with Crippen molar-refractivity contribution in [2.75, 3.05) is 6.26 Å². The van der Waals surface area contributed by atoms with E-state index in [9.17, 15) is 8.42 Å². The average molecular weight is 316 g/mol. The third-order valence-electron chi connectivity index (χ3n) is 3.05. The Labute approximate surface area is 130 Å². The first-order valence-corrected chi connectivity index (χ1v) is 9.65. The summed E-state index contributed by atoms with van der Waals surface area (Å²) >= 11 is 0. The van der Waals surface area contributed by atoms with Crippen LogP contribution < -0.4 is 4.57 Å². The number of hydrogen-bond acceptors (Lipinski definition) is 2. The fourth-order valence-corrected chi connectivity index (χ4v) is 2.01. The second kappa shape index (κ2) is 12.8. The fraction of sp³-hybridized carbons (Fsp3) is 0.688. The van der Waals surface area contributed by atoms with Crippen LogP contribution in [0.4, 0.5) is 0 Å². The molecule has 1 rings (SSSR count). The standard InChI is InChI=1S/C15H26N.CH4O3S/c1-2-3-4-5-6-7-8-10-13-16-14-11-9-12-15-16;1-5(2,3)4/h9,11-12,14-15H,2-8,10,13H2,1H3;1H3,(H,2,3,4)/q+1;. The van der Waals surface area contributed by atoms with E-state index in [2.05, 4.69) is 42.1 Å². The predicted molar refractivity (Wildman–Crippen MR) is 86.7 cm³/mol. The molecule has 0 bridgehead atoms. The zero-order chi connectivity index (χ0) is 16.0. The number of unbranched alkanes of at least 4 members (excludes halogenated alkanes) is 7. The van der Waals surface area contributed by atoms with Crippen molar-refractivity contribution in [1.29, 1.82) is 0 Å². The van der Waals surface area contributed by atoms with Crippen LogP contribution in [0.2, 0.25) is 0 Å². The monoisotopic (exact) mass is 316 g/mol. The maximum atomic E-state index is 9.19. The van der Waals surface area contributed by atoms with E-state index in [1.54, 1.807) is 0 Å². The molecule has 0 fully saturated rings. The minimum absolute atomic E-state index is 0.715. The van der Waals surface area contributed by atoms with Crippen LogP contribution >= 0.6 is 0 Å². The average Bonchev–Trinajstić information content (AvgIpc) is 2.41. The third kappa shape index (κ3) is 19.1. The van der Waals surface area contributed by atoms with Gasteiger partial charge in [-0.2, -0.15) is 8.42 Å². The van der Waals surface area contributed by atoms with E-state index < -0.39 is 10.1 Å². The first kappa shape index (κ1) is 20.1. The lowest BCUT2D eigenvalue weighted by Gasteiger charge is -2.00. The van der Waals surface area contributed by atoms with Gasteiger partial charge < -0.3 is 0 Å². The highest BCUT2D eigenvalue weighted by Crippen LogP contribution is 2.08. The van der Waals surface area contributed by atoms with Gasteiger partial charge in [-0.3, -0.25) is 4.55 Å². The Morgan fingerprint density at radius 2 is 1.29 bits per heavy atom. The van der Waals surface area contributed by atoms with Crippen LogP contribution in [0.15, 0.2) is 30.6 Å². The van der Waals surface area contributed by atoms with Gasteiger partial charge in [-0.05, 0) is 6.42 Å². The van der Waals surface area contributed by atoms with Crippen LogP contribution in [-0.4, -0.2) is 19.2 Å². The molecule has 1 aromatic heterocycles. The van der Waals surface area contributed by atoms with Crippen LogP contribution in [0, 0.1) is 0 Å². The van der Waals surface area contributed by atoms with Crippen LogP contribution in [0.25, 0.3) is 0 Å². The number of pyridine rings is 1. The molecule has 0 aliphatic rings. The smallest absolute Gasteiger partial charge is 0.261 e. The Bertz CT molecular complexity index is 424. The van der Waals surface area contributed by atoms with E-state index >= 15 is 0 Å². The molecule has 122 valence electrons. The van der Waals surface area contributed by atoms with E-state index in [0.717, 1.165) is 0 Å². The molecule has 0 unspecified atom stereocenters. The fourth-order valence-electron chi connectivity index (χ4n) is 2.01. The summed E-state index contributed by atoms with van der Waals surface area (Å²) < 4.78 is 28.1. The zero-order valence-corrected chi connectivity index (χ0v) is 14.2. The van der Waals surface area contributed by atoms with Gasteiger partial charge in [0.15, 0.2) is 12.4 Å². The molecule has 1 N–H and O–H groups in total. The molecule has 0 radical (unpaired) electrons. The highest BCUT2D eigenvalue weighted by molar-refractivity contribution is 7.85.